The van der Waals surface area contributed by atoms with Crippen LogP contribution in [-0.4, -0.2) is 34.5 Å². The van der Waals surface area contributed by atoms with Crippen molar-refractivity contribution in [3.05, 3.63) is 90.0 Å². The number of imidazole rings is 1. The lowest BCUT2D eigenvalue weighted by atomic mass is 10.1. The highest BCUT2D eigenvalue weighted by molar-refractivity contribution is 5.85. The largest absolute Gasteiger partial charge is 0.346 e. The fourth-order valence-corrected chi connectivity index (χ4v) is 3.84. The van der Waals surface area contributed by atoms with E-state index in [0.29, 0.717) is 19.0 Å². The average molecular weight is 439 g/mol. The van der Waals surface area contributed by atoms with Gasteiger partial charge in [0.05, 0.1) is 12.4 Å². The third-order valence-electron chi connectivity index (χ3n) is 5.54. The Balaban J connectivity index is 1.69. The maximum Gasteiger partial charge on any atom is 0.251 e. The lowest BCUT2D eigenvalue weighted by molar-refractivity contribution is 0.673. The maximum atomic E-state index is 5.02. The summed E-state index contributed by atoms with van der Waals surface area (Å²) in [5.41, 5.74) is 3.91. The Kier molecular flexibility index (Phi) is 5.56. The molecule has 0 N–H and O–H groups in total. The van der Waals surface area contributed by atoms with Crippen molar-refractivity contribution in [1.82, 2.24) is 34.5 Å². The smallest absolute Gasteiger partial charge is 0.251 e. The molecule has 0 amide bonds. The van der Waals surface area contributed by atoms with Crippen LogP contribution in [-0.2, 0) is 20.1 Å². The average Bonchev–Trinajstić information content (AvgIpc) is 3.48. The number of aromatic nitrogens is 7. The monoisotopic (exact) mass is 438 g/mol. The normalized spacial score (nSPS) is 11.4. The minimum Gasteiger partial charge on any atom is -0.346 e. The standard InChI is InChI=1S/C25H26N8/c1-18(2)22-29-23-21(28-25(31(23)3)33-26-14-15-27-33)24(30-22)32(16-19-10-6-4-7-11-19)17-20-12-8-5-9-13-20/h4-15,18H,16-17H2,1-3H3. The molecule has 0 aliphatic heterocycles. The van der Waals surface area contributed by atoms with Crippen LogP contribution in [0.25, 0.3) is 17.1 Å². The number of benzene rings is 2. The Labute approximate surface area is 192 Å². The van der Waals surface area contributed by atoms with Gasteiger partial charge in [-0.15, -0.1) is 4.80 Å². The number of nitrogens with zero attached hydrogens (tertiary/aromatic N) is 8. The molecule has 8 nitrogen and oxygen atoms in total. The molecule has 0 fully saturated rings. The molecule has 0 atom stereocenters. The number of hydrogen-bond donors (Lipinski definition) is 0. The van der Waals surface area contributed by atoms with Gasteiger partial charge in [0.2, 0.25) is 0 Å². The van der Waals surface area contributed by atoms with Crippen molar-refractivity contribution in [2.45, 2.75) is 32.9 Å². The van der Waals surface area contributed by atoms with E-state index in [1.807, 2.05) is 23.7 Å². The first kappa shape index (κ1) is 20.8. The first-order chi connectivity index (χ1) is 16.1. The fraction of sp³-hybridized carbons (Fsp3) is 0.240. The quantitative estimate of drug-likeness (QED) is 0.378. The molecule has 0 aliphatic carbocycles. The van der Waals surface area contributed by atoms with Gasteiger partial charge in [-0.05, 0) is 11.1 Å². The van der Waals surface area contributed by atoms with Crippen LogP contribution < -0.4 is 4.90 Å². The van der Waals surface area contributed by atoms with Gasteiger partial charge >= 0.3 is 0 Å². The number of hydrogen-bond acceptors (Lipinski definition) is 6. The summed E-state index contributed by atoms with van der Waals surface area (Å²) >= 11 is 0. The summed E-state index contributed by atoms with van der Waals surface area (Å²) in [5, 5.41) is 8.54. The Bertz CT molecular complexity index is 1300. The van der Waals surface area contributed by atoms with Gasteiger partial charge < -0.3 is 4.90 Å². The summed E-state index contributed by atoms with van der Waals surface area (Å²) < 4.78 is 1.93. The first-order valence-corrected chi connectivity index (χ1v) is 11.0. The van der Waals surface area contributed by atoms with Crippen molar-refractivity contribution in [2.75, 3.05) is 4.90 Å². The van der Waals surface area contributed by atoms with E-state index in [2.05, 4.69) is 77.5 Å². The molecule has 3 heterocycles. The molecule has 0 unspecified atom stereocenters. The Hall–Kier alpha value is -4.07. The summed E-state index contributed by atoms with van der Waals surface area (Å²) in [6, 6.07) is 20.9. The predicted molar refractivity (Wildman–Crippen MR) is 128 cm³/mol. The van der Waals surface area contributed by atoms with Crippen LogP contribution in [0, 0.1) is 0 Å². The lowest BCUT2D eigenvalue weighted by Crippen LogP contribution is -2.24. The Morgan fingerprint density at radius 2 is 1.36 bits per heavy atom. The summed E-state index contributed by atoms with van der Waals surface area (Å²) in [5.74, 6) is 2.37. The Morgan fingerprint density at radius 1 is 0.788 bits per heavy atom. The topological polar surface area (TPSA) is 77.5 Å². The van der Waals surface area contributed by atoms with E-state index in [4.69, 9.17) is 15.0 Å². The van der Waals surface area contributed by atoms with Crippen molar-refractivity contribution < 1.29 is 0 Å². The highest BCUT2D eigenvalue weighted by Crippen LogP contribution is 2.29. The summed E-state index contributed by atoms with van der Waals surface area (Å²) in [6.45, 7) is 5.61. The molecule has 2 aromatic carbocycles. The van der Waals surface area contributed by atoms with Gasteiger partial charge in [-0.1, -0.05) is 74.5 Å². The van der Waals surface area contributed by atoms with Gasteiger partial charge in [-0.25, -0.2) is 15.0 Å². The number of rotatable bonds is 7. The van der Waals surface area contributed by atoms with E-state index in [9.17, 15) is 0 Å². The van der Waals surface area contributed by atoms with E-state index >= 15 is 0 Å². The molecular formula is C25H26N8. The predicted octanol–water partition coefficient (Wildman–Crippen LogP) is 4.27. The first-order valence-electron chi connectivity index (χ1n) is 11.0. The number of aryl methyl sites for hydroxylation is 1. The van der Waals surface area contributed by atoms with Crippen LogP contribution in [0.3, 0.4) is 0 Å². The van der Waals surface area contributed by atoms with E-state index in [1.165, 1.54) is 15.9 Å². The summed E-state index contributed by atoms with van der Waals surface area (Å²) in [6.07, 6.45) is 3.28. The molecule has 0 radical (unpaired) electrons. The number of anilines is 1. The van der Waals surface area contributed by atoms with Crippen molar-refractivity contribution in [2.24, 2.45) is 7.05 Å². The van der Waals surface area contributed by atoms with Crippen LogP contribution in [0.5, 0.6) is 0 Å². The summed E-state index contributed by atoms with van der Waals surface area (Å²) in [4.78, 5) is 18.6. The van der Waals surface area contributed by atoms with Gasteiger partial charge in [0.25, 0.3) is 5.95 Å². The van der Waals surface area contributed by atoms with Crippen LogP contribution in [0.1, 0.15) is 36.7 Å². The van der Waals surface area contributed by atoms with E-state index in [1.54, 1.807) is 12.4 Å². The molecular weight excluding hydrogens is 412 g/mol. The summed E-state index contributed by atoms with van der Waals surface area (Å²) in [7, 11) is 1.94. The minimum absolute atomic E-state index is 0.171. The molecule has 0 bridgehead atoms. The van der Waals surface area contributed by atoms with Crippen molar-refractivity contribution in [1.29, 1.82) is 0 Å². The van der Waals surface area contributed by atoms with Crippen molar-refractivity contribution in [3.63, 3.8) is 0 Å². The molecule has 166 valence electrons. The van der Waals surface area contributed by atoms with Crippen LogP contribution in [0.4, 0.5) is 5.82 Å². The molecule has 3 aromatic heterocycles. The van der Waals surface area contributed by atoms with Crippen LogP contribution >= 0.6 is 0 Å². The molecule has 33 heavy (non-hydrogen) atoms. The SMILES string of the molecule is CC(C)c1nc(N(Cc2ccccc2)Cc2ccccc2)c2nc(-n3nccn3)n(C)c2n1. The van der Waals surface area contributed by atoms with Crippen LogP contribution in [0.15, 0.2) is 73.1 Å². The lowest BCUT2D eigenvalue weighted by Gasteiger charge is -2.25. The van der Waals surface area contributed by atoms with Crippen molar-refractivity contribution >= 4 is 17.0 Å². The second-order valence-electron chi connectivity index (χ2n) is 8.35. The van der Waals surface area contributed by atoms with Gasteiger partial charge in [0, 0.05) is 26.1 Å². The fourth-order valence-electron chi connectivity index (χ4n) is 3.84. The number of fused-ring (bicyclic) bond motifs is 1. The van der Waals surface area contributed by atoms with E-state index < -0.39 is 0 Å². The third-order valence-corrected chi connectivity index (χ3v) is 5.54. The second kappa shape index (κ2) is 8.82. The molecule has 0 saturated carbocycles. The zero-order chi connectivity index (χ0) is 22.8. The highest BCUT2D eigenvalue weighted by atomic mass is 15.5. The minimum atomic E-state index is 0.171. The van der Waals surface area contributed by atoms with Gasteiger partial charge in [-0.2, -0.15) is 10.2 Å². The molecule has 0 spiro atoms. The molecule has 5 rings (SSSR count). The molecule has 0 saturated heterocycles. The molecule has 0 aliphatic rings. The van der Waals surface area contributed by atoms with Gasteiger partial charge in [0.15, 0.2) is 17.0 Å². The zero-order valence-electron chi connectivity index (χ0n) is 19.0. The highest BCUT2D eigenvalue weighted by Gasteiger charge is 2.23. The maximum absolute atomic E-state index is 5.02. The van der Waals surface area contributed by atoms with Gasteiger partial charge in [0.1, 0.15) is 5.82 Å². The van der Waals surface area contributed by atoms with Crippen LogP contribution in [0.2, 0.25) is 0 Å². The third kappa shape index (κ3) is 4.19. The second-order valence-corrected chi connectivity index (χ2v) is 8.35. The Morgan fingerprint density at radius 3 is 1.91 bits per heavy atom. The van der Waals surface area contributed by atoms with Crippen molar-refractivity contribution in [3.8, 4) is 5.95 Å². The van der Waals surface area contributed by atoms with Gasteiger partial charge in [-0.3, -0.25) is 4.57 Å². The molecule has 5 aromatic rings. The van der Waals surface area contributed by atoms with E-state index in [-0.39, 0.29) is 5.92 Å². The van der Waals surface area contributed by atoms with E-state index in [0.717, 1.165) is 22.8 Å². The molecule has 8 heteroatoms. The zero-order valence-corrected chi connectivity index (χ0v) is 19.0.